The molecule has 1 heterocycles. The summed E-state index contributed by atoms with van der Waals surface area (Å²) in [4.78, 5) is 23.2. The quantitative estimate of drug-likeness (QED) is 0.629. The fourth-order valence-electron chi connectivity index (χ4n) is 3.56. The molecule has 0 aromatic heterocycles. The molecule has 8 heteroatoms. The summed E-state index contributed by atoms with van der Waals surface area (Å²) in [6.07, 6.45) is 1.10. The first-order valence-electron chi connectivity index (χ1n) is 10.6. The summed E-state index contributed by atoms with van der Waals surface area (Å²) >= 11 is 0. The lowest BCUT2D eigenvalue weighted by Crippen LogP contribution is -2.45. The summed E-state index contributed by atoms with van der Waals surface area (Å²) in [6.45, 7) is 8.50. The van der Waals surface area contributed by atoms with Gasteiger partial charge in [0.05, 0.1) is 14.2 Å². The lowest BCUT2D eigenvalue weighted by atomic mass is 10.1. The minimum absolute atomic E-state index is 0.805. The van der Waals surface area contributed by atoms with E-state index in [0.717, 1.165) is 57.2 Å². The maximum atomic E-state index is 9.10. The van der Waals surface area contributed by atoms with Gasteiger partial charge in [0, 0.05) is 44.8 Å². The highest BCUT2D eigenvalue weighted by Gasteiger charge is 2.19. The molecule has 3 rings (SSSR count). The van der Waals surface area contributed by atoms with E-state index in [0.29, 0.717) is 0 Å². The maximum Gasteiger partial charge on any atom is 0.414 e. The average Bonchev–Trinajstić information content (AvgIpc) is 2.81. The smallest absolute Gasteiger partial charge is 0.414 e. The molecule has 174 valence electrons. The van der Waals surface area contributed by atoms with E-state index in [1.54, 1.807) is 14.2 Å². The molecule has 0 radical (unpaired) electrons. The number of benzene rings is 2. The molecule has 0 bridgehead atoms. The number of carboxylic acid groups (broad SMARTS) is 2. The van der Waals surface area contributed by atoms with Crippen molar-refractivity contribution < 1.29 is 29.3 Å². The van der Waals surface area contributed by atoms with Crippen molar-refractivity contribution in [3.05, 3.63) is 59.2 Å². The zero-order valence-corrected chi connectivity index (χ0v) is 18.9. The molecular weight excluding hydrogens is 412 g/mol. The number of methoxy groups -OCH3 is 2. The van der Waals surface area contributed by atoms with E-state index in [1.807, 2.05) is 12.1 Å². The van der Waals surface area contributed by atoms with Crippen LogP contribution in [-0.4, -0.2) is 72.4 Å². The van der Waals surface area contributed by atoms with Gasteiger partial charge in [-0.1, -0.05) is 43.3 Å². The van der Waals surface area contributed by atoms with Crippen molar-refractivity contribution in [1.82, 2.24) is 9.80 Å². The summed E-state index contributed by atoms with van der Waals surface area (Å²) in [5.74, 6) is -1.99. The largest absolute Gasteiger partial charge is 0.493 e. The fraction of sp³-hybridized carbons (Fsp3) is 0.417. The van der Waals surface area contributed by atoms with Gasteiger partial charge in [-0.2, -0.15) is 0 Å². The zero-order valence-electron chi connectivity index (χ0n) is 18.9. The maximum absolute atomic E-state index is 9.10. The third kappa shape index (κ3) is 7.55. The molecule has 0 aliphatic carbocycles. The fourth-order valence-corrected chi connectivity index (χ4v) is 3.56. The van der Waals surface area contributed by atoms with Gasteiger partial charge in [-0.05, 0) is 23.6 Å². The van der Waals surface area contributed by atoms with Crippen LogP contribution in [0.2, 0.25) is 0 Å². The van der Waals surface area contributed by atoms with Crippen LogP contribution in [0.3, 0.4) is 0 Å². The van der Waals surface area contributed by atoms with Crippen molar-refractivity contribution in [3.63, 3.8) is 0 Å². The van der Waals surface area contributed by atoms with Crippen molar-refractivity contribution in [3.8, 4) is 11.5 Å². The molecule has 0 amide bonds. The first-order valence-corrected chi connectivity index (χ1v) is 10.6. The van der Waals surface area contributed by atoms with Gasteiger partial charge in [-0.3, -0.25) is 9.80 Å². The molecule has 0 saturated carbocycles. The number of para-hydroxylation sites is 1. The van der Waals surface area contributed by atoms with Crippen LogP contribution in [-0.2, 0) is 29.1 Å². The Morgan fingerprint density at radius 2 is 1.34 bits per heavy atom. The predicted octanol–water partition coefficient (Wildman–Crippen LogP) is 2.74. The minimum atomic E-state index is -1.82. The van der Waals surface area contributed by atoms with Gasteiger partial charge >= 0.3 is 11.9 Å². The third-order valence-electron chi connectivity index (χ3n) is 5.36. The van der Waals surface area contributed by atoms with Gasteiger partial charge in [0.2, 0.25) is 0 Å². The SMILES string of the molecule is CCc1ccc(CN2CCN(Cc3cccc(OC)c3OC)CC2)cc1.O=C(O)C(=O)O. The topological polar surface area (TPSA) is 99.5 Å². The lowest BCUT2D eigenvalue weighted by Gasteiger charge is -2.35. The van der Waals surface area contributed by atoms with Crippen molar-refractivity contribution in [1.29, 1.82) is 0 Å². The number of hydrogen-bond acceptors (Lipinski definition) is 6. The molecule has 8 nitrogen and oxygen atoms in total. The van der Waals surface area contributed by atoms with Crippen LogP contribution >= 0.6 is 0 Å². The van der Waals surface area contributed by atoms with E-state index in [9.17, 15) is 0 Å². The van der Waals surface area contributed by atoms with E-state index in [-0.39, 0.29) is 0 Å². The number of nitrogens with zero attached hydrogens (tertiary/aromatic N) is 2. The molecule has 0 spiro atoms. The summed E-state index contributed by atoms with van der Waals surface area (Å²) in [6, 6.07) is 15.2. The van der Waals surface area contributed by atoms with Gasteiger partial charge in [-0.15, -0.1) is 0 Å². The zero-order chi connectivity index (χ0) is 23.5. The summed E-state index contributed by atoms with van der Waals surface area (Å²) in [5, 5.41) is 14.8. The van der Waals surface area contributed by atoms with Gasteiger partial charge in [0.1, 0.15) is 0 Å². The molecule has 2 aromatic carbocycles. The normalized spacial score (nSPS) is 14.2. The van der Waals surface area contributed by atoms with Gasteiger partial charge < -0.3 is 19.7 Å². The Morgan fingerprint density at radius 1 is 0.812 bits per heavy atom. The van der Waals surface area contributed by atoms with Crippen molar-refractivity contribution in [2.24, 2.45) is 0 Å². The predicted molar refractivity (Wildman–Crippen MR) is 121 cm³/mol. The van der Waals surface area contributed by atoms with Crippen molar-refractivity contribution in [2.45, 2.75) is 26.4 Å². The summed E-state index contributed by atoms with van der Waals surface area (Å²) in [5.41, 5.74) is 4.01. The summed E-state index contributed by atoms with van der Waals surface area (Å²) < 4.78 is 11.0. The van der Waals surface area contributed by atoms with Crippen LogP contribution in [0.25, 0.3) is 0 Å². The number of piperazine rings is 1. The molecular formula is C24H32N2O6. The van der Waals surface area contributed by atoms with Crippen LogP contribution < -0.4 is 9.47 Å². The van der Waals surface area contributed by atoms with E-state index >= 15 is 0 Å². The Kier molecular flexibility index (Phi) is 9.97. The van der Waals surface area contributed by atoms with Crippen LogP contribution in [0.5, 0.6) is 11.5 Å². The monoisotopic (exact) mass is 444 g/mol. The van der Waals surface area contributed by atoms with E-state index in [4.69, 9.17) is 29.3 Å². The third-order valence-corrected chi connectivity index (χ3v) is 5.36. The van der Waals surface area contributed by atoms with E-state index in [2.05, 4.69) is 47.1 Å². The number of hydrogen-bond donors (Lipinski definition) is 2. The Labute approximate surface area is 189 Å². The number of ether oxygens (including phenoxy) is 2. The van der Waals surface area contributed by atoms with Crippen LogP contribution in [0.1, 0.15) is 23.6 Å². The molecule has 0 atom stereocenters. The molecule has 1 saturated heterocycles. The molecule has 1 fully saturated rings. The Bertz CT molecular complexity index is 865. The van der Waals surface area contributed by atoms with Crippen LogP contribution in [0.15, 0.2) is 42.5 Å². The minimum Gasteiger partial charge on any atom is -0.493 e. The molecule has 1 aliphatic heterocycles. The standard InChI is InChI=1S/C22H30N2O2.C2H2O4/c1-4-18-8-10-19(11-9-18)16-23-12-14-24(15-13-23)17-20-6-5-7-21(25-2)22(20)26-3;3-1(4)2(5)6/h5-11H,4,12-17H2,1-3H3;(H,3,4)(H,5,6). The highest BCUT2D eigenvalue weighted by atomic mass is 16.5. The number of rotatable bonds is 7. The highest BCUT2D eigenvalue weighted by molar-refractivity contribution is 6.27. The van der Waals surface area contributed by atoms with E-state index < -0.39 is 11.9 Å². The molecule has 0 unspecified atom stereocenters. The van der Waals surface area contributed by atoms with Crippen LogP contribution in [0, 0.1) is 0 Å². The molecule has 2 N–H and O–H groups in total. The lowest BCUT2D eigenvalue weighted by molar-refractivity contribution is -0.159. The van der Waals surface area contributed by atoms with Gasteiger partial charge in [0.25, 0.3) is 0 Å². The highest BCUT2D eigenvalue weighted by Crippen LogP contribution is 2.31. The Balaban J connectivity index is 0.000000534. The Hall–Kier alpha value is -3.10. The molecule has 32 heavy (non-hydrogen) atoms. The number of aliphatic carboxylic acids is 2. The van der Waals surface area contributed by atoms with Crippen LogP contribution in [0.4, 0.5) is 0 Å². The Morgan fingerprint density at radius 3 is 1.81 bits per heavy atom. The number of aryl methyl sites for hydroxylation is 1. The average molecular weight is 445 g/mol. The van der Waals surface area contributed by atoms with Crippen molar-refractivity contribution in [2.75, 3.05) is 40.4 Å². The van der Waals surface area contributed by atoms with Gasteiger partial charge in [-0.25, -0.2) is 9.59 Å². The first kappa shape index (κ1) is 25.2. The second-order valence-corrected chi connectivity index (χ2v) is 7.49. The van der Waals surface area contributed by atoms with Gasteiger partial charge in [0.15, 0.2) is 11.5 Å². The van der Waals surface area contributed by atoms with Crippen molar-refractivity contribution >= 4 is 11.9 Å². The number of carboxylic acids is 2. The second kappa shape index (κ2) is 12.7. The number of carbonyl (C=O) groups is 2. The molecule has 1 aliphatic rings. The summed E-state index contributed by atoms with van der Waals surface area (Å²) in [7, 11) is 3.40. The van der Waals surface area contributed by atoms with E-state index in [1.165, 1.54) is 16.7 Å². The molecule has 2 aromatic rings. The second-order valence-electron chi connectivity index (χ2n) is 7.49. The first-order chi connectivity index (χ1) is 15.4.